The molecule has 0 atom stereocenters. The molecule has 3 aromatic rings. The number of fused-ring (bicyclic) bond motifs is 1. The minimum Gasteiger partial charge on any atom is -0.385 e. The van der Waals surface area contributed by atoms with Crippen LogP contribution in [0.2, 0.25) is 0 Å². The molecule has 3 heteroatoms. The molecule has 3 aromatic carbocycles. The van der Waals surface area contributed by atoms with Gasteiger partial charge in [-0.15, -0.1) is 0 Å². The second kappa shape index (κ2) is 10.5. The zero-order valence-electron chi connectivity index (χ0n) is 19.9. The number of anilines is 1. The van der Waals surface area contributed by atoms with Crippen molar-refractivity contribution in [1.82, 2.24) is 9.80 Å². The Morgan fingerprint density at radius 2 is 1.48 bits per heavy atom. The minimum atomic E-state index is 0.351. The molecule has 0 amide bonds. The van der Waals surface area contributed by atoms with Crippen LogP contribution in [0.15, 0.2) is 78.9 Å². The van der Waals surface area contributed by atoms with E-state index in [2.05, 4.69) is 101 Å². The number of rotatable bonds is 7. The number of piperidine rings is 1. The molecule has 33 heavy (non-hydrogen) atoms. The summed E-state index contributed by atoms with van der Waals surface area (Å²) in [4.78, 5) is 5.45. The SMILES string of the molecule is CCCNc1ccc2c(c1)CCN(C1CCN(C(c3ccccc3)c3ccccc3)CC1)C2. The van der Waals surface area contributed by atoms with Gasteiger partial charge in [-0.25, -0.2) is 0 Å². The van der Waals surface area contributed by atoms with Gasteiger partial charge in [-0.2, -0.15) is 0 Å². The largest absolute Gasteiger partial charge is 0.385 e. The molecule has 5 rings (SSSR count). The number of nitrogens with zero attached hydrogens (tertiary/aromatic N) is 2. The van der Waals surface area contributed by atoms with Gasteiger partial charge in [0, 0.05) is 44.5 Å². The summed E-state index contributed by atoms with van der Waals surface area (Å²) in [6.45, 7) is 7.88. The summed E-state index contributed by atoms with van der Waals surface area (Å²) in [7, 11) is 0. The molecule has 1 fully saturated rings. The summed E-state index contributed by atoms with van der Waals surface area (Å²) < 4.78 is 0. The molecule has 0 aromatic heterocycles. The standard InChI is InChI=1S/C30H37N3/c1-2-18-31-28-14-13-27-23-33(19-15-26(27)22-28)29-16-20-32(21-17-29)30(24-9-5-3-6-10-24)25-11-7-4-8-12-25/h3-14,22,29-31H,2,15-21,23H2,1H3. The summed E-state index contributed by atoms with van der Waals surface area (Å²) in [6, 6.07) is 30.1. The Balaban J connectivity index is 1.24. The molecule has 0 spiro atoms. The smallest absolute Gasteiger partial charge is 0.0601 e. The Morgan fingerprint density at radius 1 is 0.818 bits per heavy atom. The first-order valence-electron chi connectivity index (χ1n) is 12.8. The fourth-order valence-corrected chi connectivity index (χ4v) is 5.66. The van der Waals surface area contributed by atoms with Crippen LogP contribution in [0.5, 0.6) is 0 Å². The monoisotopic (exact) mass is 439 g/mol. The first-order valence-corrected chi connectivity index (χ1v) is 12.8. The van der Waals surface area contributed by atoms with Crippen LogP contribution in [0.25, 0.3) is 0 Å². The lowest BCUT2D eigenvalue weighted by Gasteiger charge is -2.43. The van der Waals surface area contributed by atoms with E-state index in [1.165, 1.54) is 60.2 Å². The third kappa shape index (κ3) is 5.15. The van der Waals surface area contributed by atoms with Gasteiger partial charge in [0.25, 0.3) is 0 Å². The Labute approximate surface area is 199 Å². The zero-order chi connectivity index (χ0) is 22.5. The van der Waals surface area contributed by atoms with E-state index in [0.29, 0.717) is 12.1 Å². The van der Waals surface area contributed by atoms with Crippen molar-refractivity contribution in [3.63, 3.8) is 0 Å². The molecular weight excluding hydrogens is 402 g/mol. The van der Waals surface area contributed by atoms with Gasteiger partial charge in [0.15, 0.2) is 0 Å². The van der Waals surface area contributed by atoms with E-state index >= 15 is 0 Å². The van der Waals surface area contributed by atoms with Crippen LogP contribution in [0.1, 0.15) is 54.5 Å². The van der Waals surface area contributed by atoms with E-state index < -0.39 is 0 Å². The maximum Gasteiger partial charge on any atom is 0.0601 e. The Bertz CT molecular complexity index is 970. The predicted molar refractivity (Wildman–Crippen MR) is 139 cm³/mol. The number of nitrogens with one attached hydrogen (secondary N) is 1. The molecule has 1 N–H and O–H groups in total. The third-order valence-electron chi connectivity index (χ3n) is 7.44. The molecule has 0 unspecified atom stereocenters. The highest BCUT2D eigenvalue weighted by molar-refractivity contribution is 5.49. The van der Waals surface area contributed by atoms with Gasteiger partial charge in [0.2, 0.25) is 0 Å². The quantitative estimate of drug-likeness (QED) is 0.478. The van der Waals surface area contributed by atoms with Crippen LogP contribution in [-0.4, -0.2) is 42.0 Å². The average molecular weight is 440 g/mol. The molecular formula is C30H37N3. The van der Waals surface area contributed by atoms with Crippen molar-refractivity contribution in [2.24, 2.45) is 0 Å². The fraction of sp³-hybridized carbons (Fsp3) is 0.400. The van der Waals surface area contributed by atoms with E-state index in [-0.39, 0.29) is 0 Å². The first kappa shape index (κ1) is 22.2. The Kier molecular flexibility index (Phi) is 7.09. The van der Waals surface area contributed by atoms with Crippen molar-refractivity contribution in [2.45, 2.75) is 51.2 Å². The molecule has 0 bridgehead atoms. The van der Waals surface area contributed by atoms with E-state index in [1.54, 1.807) is 0 Å². The van der Waals surface area contributed by atoms with Gasteiger partial charge in [-0.1, -0.05) is 73.7 Å². The second-order valence-electron chi connectivity index (χ2n) is 9.62. The van der Waals surface area contributed by atoms with Crippen molar-refractivity contribution >= 4 is 5.69 Å². The average Bonchev–Trinajstić information content (AvgIpc) is 2.89. The molecule has 2 heterocycles. The molecule has 0 aliphatic carbocycles. The second-order valence-corrected chi connectivity index (χ2v) is 9.62. The van der Waals surface area contributed by atoms with Gasteiger partial charge in [-0.3, -0.25) is 9.80 Å². The van der Waals surface area contributed by atoms with Crippen LogP contribution in [0.3, 0.4) is 0 Å². The number of benzene rings is 3. The molecule has 0 radical (unpaired) electrons. The van der Waals surface area contributed by atoms with E-state index in [1.807, 2.05) is 0 Å². The minimum absolute atomic E-state index is 0.351. The third-order valence-corrected chi connectivity index (χ3v) is 7.44. The Morgan fingerprint density at radius 3 is 2.12 bits per heavy atom. The summed E-state index contributed by atoms with van der Waals surface area (Å²) in [6.07, 6.45) is 4.84. The summed E-state index contributed by atoms with van der Waals surface area (Å²) in [5.74, 6) is 0. The topological polar surface area (TPSA) is 18.5 Å². The van der Waals surface area contributed by atoms with Crippen LogP contribution in [0, 0.1) is 0 Å². The lowest BCUT2D eigenvalue weighted by Crippen LogP contribution is -2.47. The maximum atomic E-state index is 3.54. The molecule has 3 nitrogen and oxygen atoms in total. The first-order chi connectivity index (χ1) is 16.3. The van der Waals surface area contributed by atoms with Crippen LogP contribution in [0.4, 0.5) is 5.69 Å². The molecule has 0 saturated carbocycles. The highest BCUT2D eigenvalue weighted by atomic mass is 15.2. The predicted octanol–water partition coefficient (Wildman–Crippen LogP) is 6.12. The van der Waals surface area contributed by atoms with E-state index in [4.69, 9.17) is 0 Å². The summed E-state index contributed by atoms with van der Waals surface area (Å²) in [5, 5.41) is 3.54. The zero-order valence-corrected chi connectivity index (χ0v) is 19.9. The van der Waals surface area contributed by atoms with Gasteiger partial charge >= 0.3 is 0 Å². The Hall–Kier alpha value is -2.62. The normalized spacial score (nSPS) is 17.8. The number of likely N-dealkylation sites (tertiary alicyclic amines) is 1. The van der Waals surface area contributed by atoms with Crippen molar-refractivity contribution in [1.29, 1.82) is 0 Å². The van der Waals surface area contributed by atoms with Crippen molar-refractivity contribution in [3.8, 4) is 0 Å². The maximum absolute atomic E-state index is 3.54. The van der Waals surface area contributed by atoms with E-state index in [0.717, 1.165) is 26.2 Å². The lowest BCUT2D eigenvalue weighted by atomic mass is 9.92. The van der Waals surface area contributed by atoms with Gasteiger partial charge < -0.3 is 5.32 Å². The van der Waals surface area contributed by atoms with Crippen molar-refractivity contribution in [3.05, 3.63) is 101 Å². The number of hydrogen-bond acceptors (Lipinski definition) is 3. The highest BCUT2D eigenvalue weighted by Gasteiger charge is 2.31. The van der Waals surface area contributed by atoms with Crippen LogP contribution in [-0.2, 0) is 13.0 Å². The molecule has 1 saturated heterocycles. The highest BCUT2D eigenvalue weighted by Crippen LogP contribution is 2.33. The van der Waals surface area contributed by atoms with Gasteiger partial charge in [0.1, 0.15) is 0 Å². The fourth-order valence-electron chi connectivity index (χ4n) is 5.66. The van der Waals surface area contributed by atoms with Crippen molar-refractivity contribution < 1.29 is 0 Å². The van der Waals surface area contributed by atoms with Gasteiger partial charge in [0.05, 0.1) is 6.04 Å². The lowest BCUT2D eigenvalue weighted by molar-refractivity contribution is 0.0843. The van der Waals surface area contributed by atoms with Crippen LogP contribution < -0.4 is 5.32 Å². The molecule has 2 aliphatic heterocycles. The van der Waals surface area contributed by atoms with Crippen LogP contribution >= 0.6 is 0 Å². The van der Waals surface area contributed by atoms with Crippen molar-refractivity contribution in [2.75, 3.05) is 31.5 Å². The van der Waals surface area contributed by atoms with Gasteiger partial charge in [-0.05, 0) is 60.1 Å². The van der Waals surface area contributed by atoms with E-state index in [9.17, 15) is 0 Å². The number of hydrogen-bond donors (Lipinski definition) is 1. The molecule has 172 valence electrons. The summed E-state index contributed by atoms with van der Waals surface area (Å²) in [5.41, 5.74) is 7.16. The molecule has 2 aliphatic rings. The summed E-state index contributed by atoms with van der Waals surface area (Å²) >= 11 is 0.